The molecule has 0 unspecified atom stereocenters. The standard InChI is InChI=1S/C11H15N5O2/c17-11-14-13-10-2-1-9(15-16(10)11)12-7-8-3-5-18-6-4-8/h1-2,8H,3-7H2,(H,12,15)(H,14,17). The van der Waals surface area contributed by atoms with Crippen LogP contribution in [0.3, 0.4) is 0 Å². The highest BCUT2D eigenvalue weighted by atomic mass is 16.5. The molecule has 0 amide bonds. The van der Waals surface area contributed by atoms with E-state index < -0.39 is 0 Å². The Kier molecular flexibility index (Phi) is 2.97. The molecule has 1 aliphatic heterocycles. The van der Waals surface area contributed by atoms with Crippen molar-refractivity contribution in [3.05, 3.63) is 22.6 Å². The smallest absolute Gasteiger partial charge is 0.364 e. The van der Waals surface area contributed by atoms with Crippen LogP contribution in [-0.2, 0) is 4.74 Å². The minimum Gasteiger partial charge on any atom is -0.381 e. The number of hydrogen-bond acceptors (Lipinski definition) is 5. The molecule has 7 nitrogen and oxygen atoms in total. The van der Waals surface area contributed by atoms with Crippen LogP contribution < -0.4 is 11.0 Å². The van der Waals surface area contributed by atoms with Gasteiger partial charge in [-0.25, -0.2) is 9.89 Å². The zero-order valence-corrected chi connectivity index (χ0v) is 9.93. The van der Waals surface area contributed by atoms with Crippen molar-refractivity contribution in [2.75, 3.05) is 25.1 Å². The van der Waals surface area contributed by atoms with Crippen LogP contribution in [0, 0.1) is 5.92 Å². The molecule has 0 bridgehead atoms. The van der Waals surface area contributed by atoms with Crippen molar-refractivity contribution in [1.29, 1.82) is 0 Å². The Hall–Kier alpha value is -1.89. The van der Waals surface area contributed by atoms with E-state index in [1.165, 1.54) is 4.52 Å². The monoisotopic (exact) mass is 249 g/mol. The molecule has 1 saturated heterocycles. The second-order valence-corrected chi connectivity index (χ2v) is 4.45. The number of nitrogens with one attached hydrogen (secondary N) is 2. The van der Waals surface area contributed by atoms with Crippen molar-refractivity contribution in [3.63, 3.8) is 0 Å². The topological polar surface area (TPSA) is 84.3 Å². The van der Waals surface area contributed by atoms with Crippen molar-refractivity contribution >= 4 is 11.5 Å². The Labute approximate surface area is 103 Å². The fourth-order valence-electron chi connectivity index (χ4n) is 2.10. The van der Waals surface area contributed by atoms with Gasteiger partial charge in [0.15, 0.2) is 5.65 Å². The lowest BCUT2D eigenvalue weighted by Gasteiger charge is -2.22. The van der Waals surface area contributed by atoms with Gasteiger partial charge in [0.05, 0.1) is 0 Å². The summed E-state index contributed by atoms with van der Waals surface area (Å²) in [5.41, 5.74) is 0.205. The van der Waals surface area contributed by atoms with Gasteiger partial charge in [0.1, 0.15) is 5.82 Å². The third-order valence-electron chi connectivity index (χ3n) is 3.19. The van der Waals surface area contributed by atoms with Crippen LogP contribution in [0.4, 0.5) is 5.82 Å². The van der Waals surface area contributed by atoms with E-state index in [1.807, 2.05) is 6.07 Å². The second kappa shape index (κ2) is 4.77. The van der Waals surface area contributed by atoms with Crippen molar-refractivity contribution in [2.45, 2.75) is 12.8 Å². The quantitative estimate of drug-likeness (QED) is 0.815. The summed E-state index contributed by atoms with van der Waals surface area (Å²) in [5, 5.41) is 13.6. The third kappa shape index (κ3) is 2.21. The molecule has 3 heterocycles. The molecule has 2 aromatic heterocycles. The summed E-state index contributed by atoms with van der Waals surface area (Å²) < 4.78 is 6.57. The molecule has 0 radical (unpaired) electrons. The fourth-order valence-corrected chi connectivity index (χ4v) is 2.10. The first kappa shape index (κ1) is 11.2. The van der Waals surface area contributed by atoms with Gasteiger partial charge in [-0.1, -0.05) is 0 Å². The third-order valence-corrected chi connectivity index (χ3v) is 3.19. The predicted molar refractivity (Wildman–Crippen MR) is 65.6 cm³/mol. The van der Waals surface area contributed by atoms with E-state index in [1.54, 1.807) is 6.07 Å². The van der Waals surface area contributed by atoms with Crippen LogP contribution in [0.1, 0.15) is 12.8 Å². The maximum atomic E-state index is 11.4. The zero-order valence-electron chi connectivity index (χ0n) is 9.93. The number of anilines is 1. The highest BCUT2D eigenvalue weighted by Gasteiger charge is 2.13. The number of ether oxygens (including phenoxy) is 1. The zero-order chi connectivity index (χ0) is 12.4. The number of rotatable bonds is 3. The highest BCUT2D eigenvalue weighted by molar-refractivity contribution is 5.42. The highest BCUT2D eigenvalue weighted by Crippen LogP contribution is 2.15. The van der Waals surface area contributed by atoms with Gasteiger partial charge in [0, 0.05) is 19.8 Å². The lowest BCUT2D eigenvalue weighted by molar-refractivity contribution is 0.0699. The van der Waals surface area contributed by atoms with Crippen LogP contribution in [0.5, 0.6) is 0 Å². The van der Waals surface area contributed by atoms with Crippen LogP contribution in [0.15, 0.2) is 16.9 Å². The van der Waals surface area contributed by atoms with Crippen LogP contribution in [0.25, 0.3) is 5.65 Å². The van der Waals surface area contributed by atoms with E-state index in [2.05, 4.69) is 20.6 Å². The van der Waals surface area contributed by atoms with E-state index in [0.29, 0.717) is 17.4 Å². The Bertz CT molecular complexity index is 584. The molecule has 0 aliphatic carbocycles. The van der Waals surface area contributed by atoms with Crippen LogP contribution in [-0.4, -0.2) is 39.6 Å². The van der Waals surface area contributed by atoms with E-state index >= 15 is 0 Å². The second-order valence-electron chi connectivity index (χ2n) is 4.45. The van der Waals surface area contributed by atoms with E-state index in [9.17, 15) is 4.79 Å². The van der Waals surface area contributed by atoms with Gasteiger partial charge in [-0.05, 0) is 30.9 Å². The summed E-state index contributed by atoms with van der Waals surface area (Å²) in [7, 11) is 0. The fraction of sp³-hybridized carbons (Fsp3) is 0.545. The molecule has 0 aromatic carbocycles. The van der Waals surface area contributed by atoms with Crippen molar-refractivity contribution < 1.29 is 4.74 Å². The molecule has 18 heavy (non-hydrogen) atoms. The van der Waals surface area contributed by atoms with Gasteiger partial charge < -0.3 is 10.1 Å². The maximum absolute atomic E-state index is 11.4. The predicted octanol–water partition coefficient (Wildman–Crippen LogP) is 0.256. The normalized spacial score (nSPS) is 17.1. The number of H-pyrrole nitrogens is 1. The first-order chi connectivity index (χ1) is 8.83. The number of fused-ring (bicyclic) bond motifs is 1. The van der Waals surface area contributed by atoms with Gasteiger partial charge in [-0.3, -0.25) is 0 Å². The average Bonchev–Trinajstić information content (AvgIpc) is 2.79. The molecule has 1 fully saturated rings. The molecular formula is C11H15N5O2. The summed E-state index contributed by atoms with van der Waals surface area (Å²) in [4.78, 5) is 11.4. The molecule has 0 atom stereocenters. The first-order valence-corrected chi connectivity index (χ1v) is 6.09. The van der Waals surface area contributed by atoms with Crippen LogP contribution in [0.2, 0.25) is 0 Å². The molecule has 2 N–H and O–H groups in total. The summed E-state index contributed by atoms with van der Waals surface area (Å²) in [6.45, 7) is 2.52. The van der Waals surface area contributed by atoms with Crippen LogP contribution >= 0.6 is 0 Å². The number of hydrogen-bond donors (Lipinski definition) is 2. The Morgan fingerprint density at radius 3 is 3.11 bits per heavy atom. The molecule has 0 spiro atoms. The average molecular weight is 249 g/mol. The molecule has 0 saturated carbocycles. The summed E-state index contributed by atoms with van der Waals surface area (Å²) >= 11 is 0. The number of aromatic amines is 1. The lowest BCUT2D eigenvalue weighted by atomic mass is 10.0. The maximum Gasteiger partial charge on any atom is 0.364 e. The molecule has 96 valence electrons. The van der Waals surface area contributed by atoms with E-state index in [-0.39, 0.29) is 5.69 Å². The number of nitrogens with zero attached hydrogens (tertiary/aromatic N) is 3. The van der Waals surface area contributed by atoms with Gasteiger partial charge in [-0.15, -0.1) is 5.10 Å². The minimum absolute atomic E-state index is 0.320. The number of aromatic nitrogens is 4. The van der Waals surface area contributed by atoms with E-state index in [0.717, 1.165) is 32.6 Å². The van der Waals surface area contributed by atoms with E-state index in [4.69, 9.17) is 4.74 Å². The largest absolute Gasteiger partial charge is 0.381 e. The molecule has 2 aromatic rings. The van der Waals surface area contributed by atoms with Crippen molar-refractivity contribution in [1.82, 2.24) is 19.8 Å². The molecule has 7 heteroatoms. The molecular weight excluding hydrogens is 234 g/mol. The summed E-state index contributed by atoms with van der Waals surface area (Å²) in [6, 6.07) is 3.59. The van der Waals surface area contributed by atoms with Gasteiger partial charge in [-0.2, -0.15) is 9.61 Å². The van der Waals surface area contributed by atoms with Gasteiger partial charge >= 0.3 is 5.69 Å². The van der Waals surface area contributed by atoms with Crippen molar-refractivity contribution in [2.24, 2.45) is 5.92 Å². The lowest BCUT2D eigenvalue weighted by Crippen LogP contribution is -2.23. The Morgan fingerprint density at radius 1 is 1.44 bits per heavy atom. The molecule has 1 aliphatic rings. The first-order valence-electron chi connectivity index (χ1n) is 6.09. The minimum atomic E-state index is -0.320. The molecule has 3 rings (SSSR count). The Morgan fingerprint density at radius 2 is 2.28 bits per heavy atom. The SMILES string of the molecule is O=c1[nH]nc2ccc(NCC3CCOCC3)nn12. The Balaban J connectivity index is 1.70. The van der Waals surface area contributed by atoms with Crippen molar-refractivity contribution in [3.8, 4) is 0 Å². The summed E-state index contributed by atoms with van der Waals surface area (Å²) in [5.74, 6) is 1.30. The van der Waals surface area contributed by atoms with Gasteiger partial charge in [0.25, 0.3) is 0 Å². The van der Waals surface area contributed by atoms with Gasteiger partial charge in [0.2, 0.25) is 0 Å². The summed E-state index contributed by atoms with van der Waals surface area (Å²) in [6.07, 6.45) is 2.14.